The summed E-state index contributed by atoms with van der Waals surface area (Å²) < 4.78 is 0. The monoisotopic (exact) mass is 394 g/mol. The highest BCUT2D eigenvalue weighted by atomic mass is 16.3. The first kappa shape index (κ1) is 19.7. The number of piperazine rings is 1. The van der Waals surface area contributed by atoms with Gasteiger partial charge in [0.1, 0.15) is 0 Å². The van der Waals surface area contributed by atoms with Crippen LogP contribution < -0.4 is 15.5 Å². The highest BCUT2D eigenvalue weighted by Gasteiger charge is 2.24. The van der Waals surface area contributed by atoms with Gasteiger partial charge in [-0.3, -0.25) is 9.69 Å². The molecule has 0 radical (unpaired) electrons. The number of nitrogens with zero attached hydrogens (tertiary/aromatic N) is 2. The van der Waals surface area contributed by atoms with Crippen LogP contribution in [-0.2, 0) is 11.2 Å². The summed E-state index contributed by atoms with van der Waals surface area (Å²) in [6, 6.07) is 14.4. The van der Waals surface area contributed by atoms with E-state index in [9.17, 15) is 9.90 Å². The molecule has 1 unspecified atom stereocenters. The fourth-order valence-electron chi connectivity index (χ4n) is 4.14. The Labute approximate surface area is 172 Å². The molecule has 29 heavy (non-hydrogen) atoms. The van der Waals surface area contributed by atoms with Crippen LogP contribution in [0.5, 0.6) is 0 Å². The summed E-state index contributed by atoms with van der Waals surface area (Å²) in [6.45, 7) is 7.02. The minimum absolute atomic E-state index is 0.104. The predicted molar refractivity (Wildman–Crippen MR) is 118 cm³/mol. The number of aliphatic hydroxyl groups excluding tert-OH is 1. The Bertz CT molecular complexity index is 844. The van der Waals surface area contributed by atoms with E-state index in [-0.39, 0.29) is 5.91 Å². The van der Waals surface area contributed by atoms with E-state index in [1.165, 1.54) is 16.8 Å². The number of β-amino-alcohol motifs (C(OH)–C–C–N with tert-alkyl or cyclic N) is 1. The lowest BCUT2D eigenvalue weighted by molar-refractivity contribution is -0.116. The zero-order valence-electron chi connectivity index (χ0n) is 17.0. The van der Waals surface area contributed by atoms with Gasteiger partial charge in [0.15, 0.2) is 0 Å². The first-order chi connectivity index (χ1) is 14.1. The van der Waals surface area contributed by atoms with Crippen molar-refractivity contribution in [2.24, 2.45) is 0 Å². The molecule has 2 aliphatic heterocycles. The van der Waals surface area contributed by atoms with E-state index in [0.717, 1.165) is 44.0 Å². The van der Waals surface area contributed by atoms with E-state index in [1.54, 1.807) is 0 Å². The van der Waals surface area contributed by atoms with Crippen LogP contribution in [0, 0.1) is 6.92 Å². The summed E-state index contributed by atoms with van der Waals surface area (Å²) in [5, 5.41) is 16.7. The lowest BCUT2D eigenvalue weighted by Gasteiger charge is -2.38. The van der Waals surface area contributed by atoms with Gasteiger partial charge in [0.05, 0.1) is 6.10 Å². The van der Waals surface area contributed by atoms with Crippen LogP contribution in [0.3, 0.4) is 0 Å². The highest BCUT2D eigenvalue weighted by Crippen LogP contribution is 2.32. The van der Waals surface area contributed by atoms with Crippen LogP contribution in [0.2, 0.25) is 0 Å². The Hall–Kier alpha value is -2.57. The Balaban J connectivity index is 1.27. The highest BCUT2D eigenvalue weighted by molar-refractivity contribution is 5.95. The van der Waals surface area contributed by atoms with E-state index >= 15 is 0 Å². The Morgan fingerprint density at radius 3 is 2.59 bits per heavy atom. The molecule has 2 heterocycles. The van der Waals surface area contributed by atoms with E-state index in [4.69, 9.17) is 0 Å². The smallest absolute Gasteiger partial charge is 0.224 e. The van der Waals surface area contributed by atoms with Gasteiger partial charge in [-0.25, -0.2) is 0 Å². The van der Waals surface area contributed by atoms with Crippen molar-refractivity contribution in [1.82, 2.24) is 4.90 Å². The molecule has 0 bridgehead atoms. The number of carbonyl (C=O) groups is 1. The number of fused-ring (bicyclic) bond motifs is 1. The number of aliphatic hydroxyl groups is 1. The largest absolute Gasteiger partial charge is 0.390 e. The van der Waals surface area contributed by atoms with Crippen LogP contribution in [0.25, 0.3) is 0 Å². The molecule has 0 aromatic heterocycles. The number of anilines is 3. The molecule has 1 fully saturated rings. The van der Waals surface area contributed by atoms with E-state index in [0.29, 0.717) is 19.5 Å². The average Bonchev–Trinajstić information content (AvgIpc) is 2.73. The maximum Gasteiger partial charge on any atom is 0.224 e. The van der Waals surface area contributed by atoms with Crippen molar-refractivity contribution in [3.8, 4) is 0 Å². The van der Waals surface area contributed by atoms with Gasteiger partial charge in [-0.2, -0.15) is 0 Å². The molecule has 1 amide bonds. The van der Waals surface area contributed by atoms with Gasteiger partial charge in [-0.05, 0) is 43.2 Å². The van der Waals surface area contributed by atoms with Crippen molar-refractivity contribution in [2.75, 3.05) is 54.8 Å². The molecule has 0 spiro atoms. The third-order valence-electron chi connectivity index (χ3n) is 5.80. The number of hydrogen-bond acceptors (Lipinski definition) is 5. The third-order valence-corrected chi connectivity index (χ3v) is 5.80. The van der Waals surface area contributed by atoms with Gasteiger partial charge in [0.25, 0.3) is 0 Å². The standard InChI is InChI=1S/C23H30N4O2/c1-17-5-7-18(8-6-17)24-15-19(28)16-26-11-13-27(14-12-26)22-4-2-3-21-20(22)9-10-23(29)25-21/h2-8,19,24,28H,9-16H2,1H3,(H,25,29). The zero-order chi connectivity index (χ0) is 20.2. The minimum Gasteiger partial charge on any atom is -0.390 e. The molecule has 0 saturated carbocycles. The summed E-state index contributed by atoms with van der Waals surface area (Å²) in [5.74, 6) is 0.104. The Kier molecular flexibility index (Phi) is 6.02. The summed E-state index contributed by atoms with van der Waals surface area (Å²) in [4.78, 5) is 16.4. The molecular weight excluding hydrogens is 364 g/mol. The van der Waals surface area contributed by atoms with Crippen LogP contribution in [0.15, 0.2) is 42.5 Å². The zero-order valence-corrected chi connectivity index (χ0v) is 17.0. The van der Waals surface area contributed by atoms with Gasteiger partial charge >= 0.3 is 0 Å². The van der Waals surface area contributed by atoms with Crippen molar-refractivity contribution in [3.05, 3.63) is 53.6 Å². The molecule has 2 aromatic rings. The van der Waals surface area contributed by atoms with Gasteiger partial charge in [0, 0.05) is 62.8 Å². The molecule has 4 rings (SSSR count). The van der Waals surface area contributed by atoms with Crippen molar-refractivity contribution >= 4 is 23.0 Å². The predicted octanol–water partition coefficient (Wildman–Crippen LogP) is 2.47. The quantitative estimate of drug-likeness (QED) is 0.702. The maximum absolute atomic E-state index is 11.7. The van der Waals surface area contributed by atoms with E-state index in [1.807, 2.05) is 24.3 Å². The minimum atomic E-state index is -0.400. The first-order valence-electron chi connectivity index (χ1n) is 10.5. The van der Waals surface area contributed by atoms with E-state index < -0.39 is 6.10 Å². The third kappa shape index (κ3) is 4.89. The SMILES string of the molecule is Cc1ccc(NCC(O)CN2CCN(c3cccc4c3CCC(=O)N4)CC2)cc1. The molecule has 6 nitrogen and oxygen atoms in total. The lowest BCUT2D eigenvalue weighted by Crippen LogP contribution is -2.49. The fraction of sp³-hybridized carbons (Fsp3) is 0.435. The van der Waals surface area contributed by atoms with Crippen molar-refractivity contribution in [1.29, 1.82) is 0 Å². The summed E-state index contributed by atoms with van der Waals surface area (Å²) in [7, 11) is 0. The molecule has 1 atom stereocenters. The Morgan fingerprint density at radius 2 is 1.83 bits per heavy atom. The number of nitrogens with one attached hydrogen (secondary N) is 2. The molecule has 2 aromatic carbocycles. The number of carbonyl (C=O) groups excluding carboxylic acids is 1. The van der Waals surface area contributed by atoms with Crippen LogP contribution >= 0.6 is 0 Å². The fourth-order valence-corrected chi connectivity index (χ4v) is 4.14. The molecule has 0 aliphatic carbocycles. The molecule has 1 saturated heterocycles. The van der Waals surface area contributed by atoms with Gasteiger partial charge in [-0.15, -0.1) is 0 Å². The number of rotatable bonds is 6. The molecule has 3 N–H and O–H groups in total. The first-order valence-corrected chi connectivity index (χ1v) is 10.5. The summed E-state index contributed by atoms with van der Waals surface area (Å²) in [6.07, 6.45) is 0.966. The van der Waals surface area contributed by atoms with Crippen molar-refractivity contribution in [3.63, 3.8) is 0 Å². The number of benzene rings is 2. The second kappa shape index (κ2) is 8.84. The van der Waals surface area contributed by atoms with Crippen LogP contribution in [0.4, 0.5) is 17.1 Å². The normalized spacial score (nSPS) is 18.1. The second-order valence-electron chi connectivity index (χ2n) is 8.04. The van der Waals surface area contributed by atoms with Crippen LogP contribution in [0.1, 0.15) is 17.5 Å². The number of amides is 1. The molecule has 154 valence electrons. The van der Waals surface area contributed by atoms with Crippen LogP contribution in [-0.4, -0.2) is 61.3 Å². The maximum atomic E-state index is 11.7. The Morgan fingerprint density at radius 1 is 1.07 bits per heavy atom. The molecule has 6 heteroatoms. The van der Waals surface area contributed by atoms with Gasteiger partial charge < -0.3 is 20.6 Å². The van der Waals surface area contributed by atoms with Gasteiger partial charge in [-0.1, -0.05) is 23.8 Å². The molecule has 2 aliphatic rings. The van der Waals surface area contributed by atoms with E-state index in [2.05, 4.69) is 45.6 Å². The molecular formula is C23H30N4O2. The summed E-state index contributed by atoms with van der Waals surface area (Å²) >= 11 is 0. The lowest BCUT2D eigenvalue weighted by atomic mass is 10.00. The summed E-state index contributed by atoms with van der Waals surface area (Å²) in [5.41, 5.74) is 5.72. The van der Waals surface area contributed by atoms with Gasteiger partial charge in [0.2, 0.25) is 5.91 Å². The van der Waals surface area contributed by atoms with Crippen molar-refractivity contribution in [2.45, 2.75) is 25.9 Å². The number of hydrogen-bond donors (Lipinski definition) is 3. The number of aryl methyl sites for hydroxylation is 1. The van der Waals surface area contributed by atoms with Crippen molar-refractivity contribution < 1.29 is 9.90 Å². The topological polar surface area (TPSA) is 67.8 Å². The second-order valence-corrected chi connectivity index (χ2v) is 8.04. The average molecular weight is 395 g/mol.